The van der Waals surface area contributed by atoms with Crippen LogP contribution < -0.4 is 0 Å². The zero-order valence-electron chi connectivity index (χ0n) is 9.13. The third-order valence-corrected chi connectivity index (χ3v) is 4.83. The summed E-state index contributed by atoms with van der Waals surface area (Å²) in [7, 11) is -4.14. The topological polar surface area (TPSA) is 79.3 Å². The first-order chi connectivity index (χ1) is 8.55. The van der Waals surface area contributed by atoms with Crippen LogP contribution in [-0.4, -0.2) is 29.5 Å². The van der Waals surface area contributed by atoms with E-state index in [0.717, 1.165) is 5.56 Å². The summed E-state index contributed by atoms with van der Waals surface area (Å²) in [5.41, 5.74) is 1.43. The summed E-state index contributed by atoms with van der Waals surface area (Å²) in [6, 6.07) is 6.78. The van der Waals surface area contributed by atoms with Crippen LogP contribution in [0.5, 0.6) is 0 Å². The van der Waals surface area contributed by atoms with Gasteiger partial charge in [0.25, 0.3) is 10.1 Å². The van der Waals surface area contributed by atoms with Gasteiger partial charge in [-0.25, -0.2) is 0 Å². The molecule has 0 radical (unpaired) electrons. The Bertz CT molecular complexity index is 612. The van der Waals surface area contributed by atoms with Crippen LogP contribution in [0.3, 0.4) is 0 Å². The Balaban J connectivity index is 1.90. The highest BCUT2D eigenvalue weighted by atomic mass is 32.2. The van der Waals surface area contributed by atoms with Crippen molar-refractivity contribution in [3.63, 3.8) is 0 Å². The zero-order valence-corrected chi connectivity index (χ0v) is 9.95. The highest BCUT2D eigenvalue weighted by Crippen LogP contribution is 2.52. The molecule has 3 fully saturated rings. The van der Waals surface area contributed by atoms with Crippen molar-refractivity contribution in [2.24, 2.45) is 0 Å². The van der Waals surface area contributed by atoms with Crippen molar-refractivity contribution >= 4 is 10.1 Å². The van der Waals surface area contributed by atoms with Gasteiger partial charge in [0.05, 0.1) is 6.04 Å². The zero-order chi connectivity index (χ0) is 12.5. The molecule has 8 heteroatoms. The number of nitrogens with zero attached hydrogens (tertiary/aromatic N) is 2. The molecule has 2 bridgehead atoms. The Labute approximate surface area is 103 Å². The maximum absolute atomic E-state index is 11.5. The maximum Gasteiger partial charge on any atom is 0.272 e. The van der Waals surface area contributed by atoms with Crippen LogP contribution in [0, 0.1) is 0 Å². The van der Waals surface area contributed by atoms with Gasteiger partial charge >= 0.3 is 0 Å². The van der Waals surface area contributed by atoms with E-state index >= 15 is 0 Å². The second kappa shape index (κ2) is 3.29. The van der Waals surface area contributed by atoms with Crippen molar-refractivity contribution in [2.75, 3.05) is 0 Å². The van der Waals surface area contributed by atoms with Gasteiger partial charge in [-0.15, -0.1) is 0 Å². The van der Waals surface area contributed by atoms with Crippen molar-refractivity contribution < 1.29 is 22.8 Å². The molecule has 0 amide bonds. The van der Waals surface area contributed by atoms with Crippen molar-refractivity contribution in [2.45, 2.75) is 23.8 Å². The van der Waals surface area contributed by atoms with Crippen LogP contribution in [0.2, 0.25) is 0 Å². The number of fused-ring (bicyclic) bond motifs is 1. The summed E-state index contributed by atoms with van der Waals surface area (Å²) in [5.74, 6) is 0. The van der Waals surface area contributed by atoms with Gasteiger partial charge in [0.1, 0.15) is 11.3 Å². The van der Waals surface area contributed by atoms with Crippen LogP contribution in [0.1, 0.15) is 28.8 Å². The summed E-state index contributed by atoms with van der Waals surface area (Å²) in [6.07, 6.45) is 0.247. The van der Waals surface area contributed by atoms with Crippen LogP contribution >= 0.6 is 0 Å². The molecule has 0 unspecified atom stereocenters. The van der Waals surface area contributed by atoms with E-state index in [-0.39, 0.29) is 18.5 Å². The Kier molecular flexibility index (Phi) is 1.99. The lowest BCUT2D eigenvalue weighted by atomic mass is 9.85. The average molecular weight is 270 g/mol. The van der Waals surface area contributed by atoms with Crippen molar-refractivity contribution in [3.8, 4) is 0 Å². The van der Waals surface area contributed by atoms with Crippen LogP contribution in [0.4, 0.5) is 0 Å². The smallest absolute Gasteiger partial charge is 0.272 e. The van der Waals surface area contributed by atoms with E-state index in [1.807, 2.05) is 12.1 Å². The van der Waals surface area contributed by atoms with Crippen molar-refractivity contribution in [1.29, 1.82) is 0 Å². The molecule has 3 saturated heterocycles. The van der Waals surface area contributed by atoms with Gasteiger partial charge in [-0.3, -0.25) is 4.55 Å². The number of rotatable bonds is 1. The first-order valence-electron chi connectivity index (χ1n) is 5.55. The molecule has 1 aliphatic carbocycles. The number of benzene rings is 1. The van der Waals surface area contributed by atoms with E-state index in [9.17, 15) is 13.0 Å². The Hall–Kier alpha value is -1.03. The summed E-state index contributed by atoms with van der Waals surface area (Å²) >= 11 is 0. The molecule has 0 aromatic heterocycles. The molecule has 4 aliphatic rings. The van der Waals surface area contributed by atoms with E-state index in [1.165, 1.54) is 10.5 Å². The number of hydrogen-bond acceptors (Lipinski definition) is 6. The molecule has 1 N–H and O–H groups in total. The van der Waals surface area contributed by atoms with Crippen molar-refractivity contribution in [3.05, 3.63) is 35.4 Å². The lowest BCUT2D eigenvalue weighted by Crippen LogP contribution is -2.40. The lowest BCUT2D eigenvalue weighted by molar-refractivity contribution is -0.677. The van der Waals surface area contributed by atoms with Gasteiger partial charge < -0.3 is 0 Å². The molecule has 3 aliphatic heterocycles. The molecule has 1 aromatic rings. The molecule has 3 atom stereocenters. The average Bonchev–Trinajstić information content (AvgIpc) is 2.79. The second-order valence-electron chi connectivity index (χ2n) is 4.61. The van der Waals surface area contributed by atoms with Gasteiger partial charge in [-0.1, -0.05) is 24.3 Å². The fourth-order valence-corrected chi connectivity index (χ4v) is 3.86. The van der Waals surface area contributed by atoms with E-state index in [0.29, 0.717) is 5.56 Å². The SMILES string of the molecule is O=S(=O)(O)[C@H]1C[C@H]2[C@@H](c3ccccc31)N1ON2O1. The third kappa shape index (κ3) is 1.27. The molecule has 3 heterocycles. The molecular formula is C10H10N2O5S. The molecule has 0 saturated carbocycles. The van der Waals surface area contributed by atoms with E-state index in [4.69, 9.17) is 9.88 Å². The third-order valence-electron chi connectivity index (χ3n) is 3.66. The summed E-state index contributed by atoms with van der Waals surface area (Å²) in [5, 5.41) is 1.70. The molecule has 96 valence electrons. The van der Waals surface area contributed by atoms with Crippen LogP contribution in [0.25, 0.3) is 0 Å². The summed E-state index contributed by atoms with van der Waals surface area (Å²) in [6.45, 7) is 0. The largest absolute Gasteiger partial charge is 0.285 e. The first kappa shape index (κ1) is 10.9. The molecule has 1 aromatic carbocycles. The second-order valence-corrected chi connectivity index (χ2v) is 6.21. The predicted molar refractivity (Wildman–Crippen MR) is 57.7 cm³/mol. The molecule has 0 spiro atoms. The summed E-state index contributed by atoms with van der Waals surface area (Å²) in [4.78, 5) is 10.4. The fourth-order valence-electron chi connectivity index (χ4n) is 2.88. The highest BCUT2D eigenvalue weighted by molar-refractivity contribution is 7.86. The van der Waals surface area contributed by atoms with Gasteiger partial charge in [-0.2, -0.15) is 18.3 Å². The Morgan fingerprint density at radius 2 is 1.83 bits per heavy atom. The number of hydrogen-bond donors (Lipinski definition) is 1. The highest BCUT2D eigenvalue weighted by Gasteiger charge is 2.59. The van der Waals surface area contributed by atoms with Gasteiger partial charge in [0, 0.05) is 0 Å². The first-order valence-corrected chi connectivity index (χ1v) is 7.06. The minimum atomic E-state index is -4.14. The van der Waals surface area contributed by atoms with Gasteiger partial charge in [0.2, 0.25) is 0 Å². The Morgan fingerprint density at radius 1 is 1.17 bits per heavy atom. The van der Waals surface area contributed by atoms with E-state index in [2.05, 4.69) is 0 Å². The molecule has 18 heavy (non-hydrogen) atoms. The van der Waals surface area contributed by atoms with Crippen molar-refractivity contribution in [1.82, 2.24) is 10.5 Å². The summed E-state index contributed by atoms with van der Waals surface area (Å²) < 4.78 is 32.4. The van der Waals surface area contributed by atoms with Gasteiger partial charge in [-0.05, 0) is 28.0 Å². The predicted octanol–water partition coefficient (Wildman–Crippen LogP) is 0.753. The van der Waals surface area contributed by atoms with E-state index < -0.39 is 15.4 Å². The number of hydroxylamine groups is 4. The monoisotopic (exact) mass is 270 g/mol. The minimum Gasteiger partial charge on any atom is -0.285 e. The molecular weight excluding hydrogens is 260 g/mol. The Morgan fingerprint density at radius 3 is 2.50 bits per heavy atom. The normalized spacial score (nSPS) is 40.8. The lowest BCUT2D eigenvalue weighted by Gasteiger charge is -2.28. The van der Waals surface area contributed by atoms with Crippen LogP contribution in [-0.2, 0) is 20.0 Å². The van der Waals surface area contributed by atoms with Crippen LogP contribution in [0.15, 0.2) is 24.3 Å². The van der Waals surface area contributed by atoms with E-state index in [1.54, 1.807) is 12.1 Å². The fraction of sp³-hybridized carbons (Fsp3) is 0.400. The van der Waals surface area contributed by atoms with Gasteiger partial charge in [0.15, 0.2) is 0 Å². The quantitative estimate of drug-likeness (QED) is 0.754. The molecule has 5 rings (SSSR count). The minimum absolute atomic E-state index is 0.140. The standard InChI is InChI=1S/C10H10N2O5S/c13-18(14,15)9-5-8-10(12-16-11(8)17-12)7-4-2-1-3-6(7)9/h1-4,8-10H,5H2,(H,13,14,15)/t8-,9-,10+/m0/s1. The maximum atomic E-state index is 11.5. The molecule has 7 nitrogen and oxygen atoms in total.